The summed E-state index contributed by atoms with van der Waals surface area (Å²) in [5.41, 5.74) is 0. The molecular formula is C17H24N2O5S. The smallest absolute Gasteiger partial charge is 0.243 e. The number of hydrogen-bond acceptors (Lipinski definition) is 5. The zero-order valence-corrected chi connectivity index (χ0v) is 15.2. The highest BCUT2D eigenvalue weighted by molar-refractivity contribution is 7.89. The van der Waals surface area contributed by atoms with Gasteiger partial charge in [0, 0.05) is 19.2 Å². The molecule has 1 saturated heterocycles. The first kappa shape index (κ1) is 18.0. The van der Waals surface area contributed by atoms with Crippen LogP contribution in [0.2, 0.25) is 0 Å². The Morgan fingerprint density at radius 2 is 2.04 bits per heavy atom. The number of sulfonamides is 1. The molecule has 0 radical (unpaired) electrons. The Morgan fingerprint density at radius 1 is 1.28 bits per heavy atom. The van der Waals surface area contributed by atoms with Gasteiger partial charge in [0.25, 0.3) is 0 Å². The van der Waals surface area contributed by atoms with Gasteiger partial charge in [-0.05, 0) is 31.4 Å². The molecule has 0 saturated carbocycles. The number of hydrogen-bond donors (Lipinski definition) is 1. The lowest BCUT2D eigenvalue weighted by molar-refractivity contribution is -0.124. The van der Waals surface area contributed by atoms with Crippen LogP contribution in [0.1, 0.15) is 32.6 Å². The molecule has 8 heteroatoms. The van der Waals surface area contributed by atoms with Gasteiger partial charge in [-0.1, -0.05) is 13.3 Å². The summed E-state index contributed by atoms with van der Waals surface area (Å²) in [5, 5.41) is 2.84. The lowest BCUT2D eigenvalue weighted by Gasteiger charge is -2.24. The van der Waals surface area contributed by atoms with Crippen molar-refractivity contribution in [2.24, 2.45) is 0 Å². The van der Waals surface area contributed by atoms with Gasteiger partial charge in [-0.25, -0.2) is 8.42 Å². The van der Waals surface area contributed by atoms with Gasteiger partial charge in [-0.2, -0.15) is 4.31 Å². The van der Waals surface area contributed by atoms with E-state index in [1.165, 1.54) is 16.4 Å². The maximum atomic E-state index is 13.0. The summed E-state index contributed by atoms with van der Waals surface area (Å²) in [6.07, 6.45) is 3.08. The van der Waals surface area contributed by atoms with Crippen LogP contribution in [0.4, 0.5) is 0 Å². The number of ether oxygens (including phenoxy) is 2. The van der Waals surface area contributed by atoms with Crippen LogP contribution >= 0.6 is 0 Å². The molecule has 1 amide bonds. The van der Waals surface area contributed by atoms with Crippen LogP contribution in [-0.2, 0) is 14.8 Å². The number of unbranched alkanes of at least 4 members (excludes halogenated alkanes) is 1. The molecule has 138 valence electrons. The Balaban J connectivity index is 1.80. The SMILES string of the molecule is CCCCNC(=O)C1CCCN1S(=O)(=O)c1ccc2c(c1)OCCO2. The summed E-state index contributed by atoms with van der Waals surface area (Å²) in [4.78, 5) is 12.5. The zero-order chi connectivity index (χ0) is 17.9. The van der Waals surface area contributed by atoms with Crippen molar-refractivity contribution < 1.29 is 22.7 Å². The maximum absolute atomic E-state index is 13.0. The van der Waals surface area contributed by atoms with Crippen LogP contribution in [0.5, 0.6) is 11.5 Å². The maximum Gasteiger partial charge on any atom is 0.243 e. The summed E-state index contributed by atoms with van der Waals surface area (Å²) < 4.78 is 38.2. The minimum Gasteiger partial charge on any atom is -0.486 e. The minimum atomic E-state index is -3.76. The molecule has 1 fully saturated rings. The molecule has 1 N–H and O–H groups in total. The average Bonchev–Trinajstić information content (AvgIpc) is 3.12. The first-order valence-electron chi connectivity index (χ1n) is 8.73. The molecule has 0 bridgehead atoms. The summed E-state index contributed by atoms with van der Waals surface area (Å²) in [6.45, 7) is 3.81. The Morgan fingerprint density at radius 3 is 2.80 bits per heavy atom. The van der Waals surface area contributed by atoms with Gasteiger partial charge in [0.15, 0.2) is 11.5 Å². The molecular weight excluding hydrogens is 344 g/mol. The first-order chi connectivity index (χ1) is 12.0. The summed E-state index contributed by atoms with van der Waals surface area (Å²) >= 11 is 0. The fourth-order valence-electron chi connectivity index (χ4n) is 3.12. The Labute approximate surface area is 148 Å². The molecule has 0 aliphatic carbocycles. The zero-order valence-electron chi connectivity index (χ0n) is 14.4. The number of rotatable bonds is 6. The van der Waals surface area contributed by atoms with E-state index in [4.69, 9.17) is 9.47 Å². The van der Waals surface area contributed by atoms with Gasteiger partial charge < -0.3 is 14.8 Å². The van der Waals surface area contributed by atoms with E-state index in [0.717, 1.165) is 12.8 Å². The normalized spacial score (nSPS) is 20.4. The highest BCUT2D eigenvalue weighted by Crippen LogP contribution is 2.34. The number of fused-ring (bicyclic) bond motifs is 1. The van der Waals surface area contributed by atoms with Gasteiger partial charge in [0.05, 0.1) is 4.90 Å². The van der Waals surface area contributed by atoms with Crippen molar-refractivity contribution in [2.75, 3.05) is 26.3 Å². The molecule has 2 aliphatic rings. The summed E-state index contributed by atoms with van der Waals surface area (Å²) in [5.74, 6) is 0.753. The molecule has 1 aromatic carbocycles. The highest BCUT2D eigenvalue weighted by Gasteiger charge is 2.39. The van der Waals surface area contributed by atoms with Crippen molar-refractivity contribution >= 4 is 15.9 Å². The van der Waals surface area contributed by atoms with E-state index < -0.39 is 16.1 Å². The summed E-state index contributed by atoms with van der Waals surface area (Å²) in [6, 6.07) is 3.95. The van der Waals surface area contributed by atoms with Gasteiger partial charge >= 0.3 is 0 Å². The highest BCUT2D eigenvalue weighted by atomic mass is 32.2. The van der Waals surface area contributed by atoms with E-state index in [-0.39, 0.29) is 10.8 Å². The van der Waals surface area contributed by atoms with Gasteiger partial charge in [0.2, 0.25) is 15.9 Å². The topological polar surface area (TPSA) is 84.9 Å². The largest absolute Gasteiger partial charge is 0.486 e. The third-order valence-electron chi connectivity index (χ3n) is 4.46. The predicted molar refractivity (Wildman–Crippen MR) is 92.3 cm³/mol. The van der Waals surface area contributed by atoms with Gasteiger partial charge in [0.1, 0.15) is 19.3 Å². The van der Waals surface area contributed by atoms with Crippen LogP contribution < -0.4 is 14.8 Å². The van der Waals surface area contributed by atoms with Crippen LogP contribution in [0, 0.1) is 0 Å². The molecule has 1 atom stereocenters. The molecule has 2 heterocycles. The van der Waals surface area contributed by atoms with E-state index in [1.54, 1.807) is 6.07 Å². The number of amides is 1. The minimum absolute atomic E-state index is 0.130. The fraction of sp³-hybridized carbons (Fsp3) is 0.588. The molecule has 3 rings (SSSR count). The average molecular weight is 368 g/mol. The van der Waals surface area contributed by atoms with Gasteiger partial charge in [-0.15, -0.1) is 0 Å². The van der Waals surface area contributed by atoms with Crippen molar-refractivity contribution in [3.8, 4) is 11.5 Å². The molecule has 2 aliphatic heterocycles. The predicted octanol–water partition coefficient (Wildman–Crippen LogP) is 1.53. The van der Waals surface area contributed by atoms with Crippen LogP contribution in [0.25, 0.3) is 0 Å². The molecule has 1 unspecified atom stereocenters. The second kappa shape index (κ2) is 7.61. The van der Waals surface area contributed by atoms with Crippen molar-refractivity contribution in [3.05, 3.63) is 18.2 Å². The van der Waals surface area contributed by atoms with Crippen LogP contribution in [0.3, 0.4) is 0 Å². The Hall–Kier alpha value is -1.80. The van der Waals surface area contributed by atoms with Crippen molar-refractivity contribution in [3.63, 3.8) is 0 Å². The number of nitrogens with one attached hydrogen (secondary N) is 1. The second-order valence-electron chi connectivity index (χ2n) is 6.22. The Bertz CT molecular complexity index is 735. The molecule has 0 aromatic heterocycles. The lowest BCUT2D eigenvalue weighted by atomic mass is 10.2. The van der Waals surface area contributed by atoms with E-state index >= 15 is 0 Å². The Kier molecular flexibility index (Phi) is 5.48. The van der Waals surface area contributed by atoms with Crippen molar-refractivity contribution in [1.82, 2.24) is 9.62 Å². The molecule has 1 aromatic rings. The van der Waals surface area contributed by atoms with E-state index in [9.17, 15) is 13.2 Å². The number of carbonyl (C=O) groups excluding carboxylic acids is 1. The lowest BCUT2D eigenvalue weighted by Crippen LogP contribution is -2.46. The standard InChI is InChI=1S/C17H24N2O5S/c1-2-3-8-18-17(20)14-5-4-9-19(14)25(21,22)13-6-7-15-16(12-13)24-11-10-23-15/h6-7,12,14H,2-5,8-11H2,1H3,(H,18,20). The second-order valence-corrected chi connectivity index (χ2v) is 8.11. The third kappa shape index (κ3) is 3.74. The van der Waals surface area contributed by atoms with Crippen molar-refractivity contribution in [1.29, 1.82) is 0 Å². The fourth-order valence-corrected chi connectivity index (χ4v) is 4.79. The number of carbonyl (C=O) groups is 1. The first-order valence-corrected chi connectivity index (χ1v) is 10.2. The molecule has 0 spiro atoms. The molecule has 25 heavy (non-hydrogen) atoms. The van der Waals surface area contributed by atoms with Crippen LogP contribution in [-0.4, -0.2) is 51.0 Å². The van der Waals surface area contributed by atoms with Crippen LogP contribution in [0.15, 0.2) is 23.1 Å². The quantitative estimate of drug-likeness (QED) is 0.770. The number of benzene rings is 1. The third-order valence-corrected chi connectivity index (χ3v) is 6.36. The molecule has 7 nitrogen and oxygen atoms in total. The van der Waals surface area contributed by atoms with E-state index in [0.29, 0.717) is 50.6 Å². The number of nitrogens with zero attached hydrogens (tertiary/aromatic N) is 1. The van der Waals surface area contributed by atoms with E-state index in [1.807, 2.05) is 6.92 Å². The summed E-state index contributed by atoms with van der Waals surface area (Å²) in [7, 11) is -3.76. The monoisotopic (exact) mass is 368 g/mol. The van der Waals surface area contributed by atoms with Crippen molar-refractivity contribution in [2.45, 2.75) is 43.5 Å². The van der Waals surface area contributed by atoms with Gasteiger partial charge in [-0.3, -0.25) is 4.79 Å². The van der Waals surface area contributed by atoms with E-state index in [2.05, 4.69) is 5.32 Å².